The third-order valence-corrected chi connectivity index (χ3v) is 4.86. The monoisotopic (exact) mass is 307 g/mol. The molecule has 0 saturated heterocycles. The first-order valence-corrected chi connectivity index (χ1v) is 7.09. The van der Waals surface area contributed by atoms with Crippen molar-refractivity contribution in [1.29, 1.82) is 0 Å². The maximum Gasteiger partial charge on any atom is 0.241 e. The molecule has 1 aliphatic carbocycles. The molecule has 0 radical (unpaired) electrons. The van der Waals surface area contributed by atoms with Gasteiger partial charge in [0.05, 0.1) is 9.37 Å². The van der Waals surface area contributed by atoms with Gasteiger partial charge in [-0.1, -0.05) is 0 Å². The largest absolute Gasteiger partial charge is 0.241 e. The lowest BCUT2D eigenvalue weighted by Gasteiger charge is -2.12. The predicted octanol–water partition coefficient (Wildman–Crippen LogP) is 2.42. The van der Waals surface area contributed by atoms with Crippen molar-refractivity contribution in [3.8, 4) is 0 Å². The smallest absolute Gasteiger partial charge is 0.207 e. The van der Waals surface area contributed by atoms with Crippen LogP contribution in [0.25, 0.3) is 0 Å². The Labute approximate surface area is 102 Å². The molecule has 1 N–H and O–H groups in total. The van der Waals surface area contributed by atoms with Crippen LogP contribution in [0.1, 0.15) is 19.8 Å². The van der Waals surface area contributed by atoms with Crippen LogP contribution in [0.5, 0.6) is 0 Å². The molecule has 0 aliphatic heterocycles. The Kier molecular flexibility index (Phi) is 2.84. The van der Waals surface area contributed by atoms with Crippen molar-refractivity contribution in [2.75, 3.05) is 0 Å². The minimum Gasteiger partial charge on any atom is -0.207 e. The molecule has 88 valence electrons. The van der Waals surface area contributed by atoms with E-state index in [-0.39, 0.29) is 14.9 Å². The molecule has 0 amide bonds. The van der Waals surface area contributed by atoms with E-state index in [0.29, 0.717) is 0 Å². The standard InChI is InChI=1S/C10H11BrFNO2S/c1-10(4-5-10)13-16(14,15)7-2-3-8(11)9(12)6-7/h2-3,6,13H,4-5H2,1H3. The Hall–Kier alpha value is -0.460. The highest BCUT2D eigenvalue weighted by atomic mass is 79.9. The quantitative estimate of drug-likeness (QED) is 0.932. The third kappa shape index (κ3) is 2.44. The molecule has 2 rings (SSSR count). The Morgan fingerprint density at radius 1 is 1.44 bits per heavy atom. The Bertz CT molecular complexity index is 526. The van der Waals surface area contributed by atoms with Crippen molar-refractivity contribution in [3.05, 3.63) is 28.5 Å². The summed E-state index contributed by atoms with van der Waals surface area (Å²) in [5, 5.41) is 0. The fourth-order valence-corrected chi connectivity index (χ4v) is 3.04. The first-order valence-electron chi connectivity index (χ1n) is 4.81. The molecule has 3 nitrogen and oxygen atoms in total. The highest BCUT2D eigenvalue weighted by Crippen LogP contribution is 2.36. The summed E-state index contributed by atoms with van der Waals surface area (Å²) in [6, 6.07) is 3.78. The van der Waals surface area contributed by atoms with Crippen LogP contribution in [0.15, 0.2) is 27.6 Å². The third-order valence-electron chi connectivity index (χ3n) is 2.58. The average molecular weight is 308 g/mol. The zero-order valence-corrected chi connectivity index (χ0v) is 11.0. The van der Waals surface area contributed by atoms with E-state index in [1.165, 1.54) is 12.1 Å². The van der Waals surface area contributed by atoms with E-state index in [1.807, 2.05) is 6.92 Å². The second kappa shape index (κ2) is 3.78. The molecule has 0 spiro atoms. The number of rotatable bonds is 3. The molecule has 6 heteroatoms. The van der Waals surface area contributed by atoms with Crippen LogP contribution < -0.4 is 4.72 Å². The lowest BCUT2D eigenvalue weighted by molar-refractivity contribution is 0.555. The van der Waals surface area contributed by atoms with E-state index in [9.17, 15) is 12.8 Å². The normalized spacial score (nSPS) is 18.4. The highest BCUT2D eigenvalue weighted by Gasteiger charge is 2.41. The van der Waals surface area contributed by atoms with Gasteiger partial charge in [0.25, 0.3) is 0 Å². The molecule has 1 fully saturated rings. The minimum atomic E-state index is -3.61. The van der Waals surface area contributed by atoms with E-state index >= 15 is 0 Å². The van der Waals surface area contributed by atoms with Crippen molar-refractivity contribution >= 4 is 26.0 Å². The molecule has 16 heavy (non-hydrogen) atoms. The number of sulfonamides is 1. The van der Waals surface area contributed by atoms with Gasteiger partial charge in [0, 0.05) is 5.54 Å². The van der Waals surface area contributed by atoms with Crippen molar-refractivity contribution in [2.45, 2.75) is 30.2 Å². The molecule has 0 heterocycles. The Morgan fingerprint density at radius 3 is 2.56 bits per heavy atom. The summed E-state index contributed by atoms with van der Waals surface area (Å²) in [5.41, 5.74) is -0.345. The van der Waals surface area contributed by atoms with Crippen LogP contribution in [0, 0.1) is 5.82 Å². The number of benzene rings is 1. The second-order valence-corrected chi connectivity index (χ2v) is 6.78. The fraction of sp³-hybridized carbons (Fsp3) is 0.400. The molecule has 1 aromatic carbocycles. The second-order valence-electron chi connectivity index (χ2n) is 4.24. The maximum atomic E-state index is 13.2. The fourth-order valence-electron chi connectivity index (χ4n) is 1.32. The minimum absolute atomic E-state index is 0.0404. The van der Waals surface area contributed by atoms with Crippen molar-refractivity contribution in [3.63, 3.8) is 0 Å². The van der Waals surface area contributed by atoms with Gasteiger partial charge < -0.3 is 0 Å². The predicted molar refractivity (Wildman–Crippen MR) is 62.1 cm³/mol. The lowest BCUT2D eigenvalue weighted by atomic mass is 10.3. The van der Waals surface area contributed by atoms with Crippen LogP contribution in [-0.4, -0.2) is 14.0 Å². The zero-order chi connectivity index (χ0) is 12.0. The van der Waals surface area contributed by atoms with Gasteiger partial charge >= 0.3 is 0 Å². The lowest BCUT2D eigenvalue weighted by Crippen LogP contribution is -2.34. The summed E-state index contributed by atoms with van der Waals surface area (Å²) < 4.78 is 39.7. The van der Waals surface area contributed by atoms with Crippen molar-refractivity contribution in [2.24, 2.45) is 0 Å². The summed E-state index contributed by atoms with van der Waals surface area (Å²) in [6.07, 6.45) is 1.65. The number of hydrogen-bond donors (Lipinski definition) is 1. The van der Waals surface area contributed by atoms with Gasteiger partial charge in [-0.3, -0.25) is 0 Å². The van der Waals surface area contributed by atoms with Gasteiger partial charge in [-0.05, 0) is 53.9 Å². The van der Waals surface area contributed by atoms with Gasteiger partial charge in [-0.15, -0.1) is 0 Å². The van der Waals surface area contributed by atoms with Crippen LogP contribution in [0.3, 0.4) is 0 Å². The molecule has 0 aromatic heterocycles. The Morgan fingerprint density at radius 2 is 2.06 bits per heavy atom. The summed E-state index contributed by atoms with van der Waals surface area (Å²) in [4.78, 5) is -0.0404. The first-order chi connectivity index (χ1) is 7.32. The summed E-state index contributed by atoms with van der Waals surface area (Å²) in [6.45, 7) is 1.83. The Balaban J connectivity index is 2.32. The van der Waals surface area contributed by atoms with Gasteiger partial charge in [0.15, 0.2) is 0 Å². The summed E-state index contributed by atoms with van der Waals surface area (Å²) >= 11 is 2.98. The van der Waals surface area contributed by atoms with Gasteiger partial charge in [0.1, 0.15) is 5.82 Å². The number of nitrogens with one attached hydrogen (secondary N) is 1. The van der Waals surface area contributed by atoms with Crippen LogP contribution in [0.2, 0.25) is 0 Å². The van der Waals surface area contributed by atoms with E-state index in [1.54, 1.807) is 0 Å². The van der Waals surface area contributed by atoms with Crippen molar-refractivity contribution < 1.29 is 12.8 Å². The zero-order valence-electron chi connectivity index (χ0n) is 8.63. The molecular formula is C10H11BrFNO2S. The molecule has 0 bridgehead atoms. The average Bonchev–Trinajstić information content (AvgIpc) is 2.86. The van der Waals surface area contributed by atoms with E-state index < -0.39 is 15.8 Å². The van der Waals surface area contributed by atoms with E-state index in [4.69, 9.17) is 0 Å². The molecule has 0 atom stereocenters. The van der Waals surface area contributed by atoms with E-state index in [2.05, 4.69) is 20.7 Å². The van der Waals surface area contributed by atoms with E-state index in [0.717, 1.165) is 18.9 Å². The molecule has 1 aromatic rings. The molecule has 1 aliphatic rings. The summed E-state index contributed by atoms with van der Waals surface area (Å²) in [7, 11) is -3.61. The first kappa shape index (κ1) is 12.0. The SMILES string of the molecule is CC1(NS(=O)(=O)c2ccc(Br)c(F)c2)CC1. The highest BCUT2D eigenvalue weighted by molar-refractivity contribution is 9.10. The summed E-state index contributed by atoms with van der Waals surface area (Å²) in [5.74, 6) is -0.580. The number of halogens is 2. The van der Waals surface area contributed by atoms with Gasteiger partial charge in [-0.2, -0.15) is 0 Å². The van der Waals surface area contributed by atoms with Gasteiger partial charge in [0.2, 0.25) is 10.0 Å². The molecular weight excluding hydrogens is 297 g/mol. The topological polar surface area (TPSA) is 46.2 Å². The van der Waals surface area contributed by atoms with Crippen molar-refractivity contribution in [1.82, 2.24) is 4.72 Å². The van der Waals surface area contributed by atoms with Gasteiger partial charge in [-0.25, -0.2) is 17.5 Å². The molecule has 1 saturated carbocycles. The number of hydrogen-bond acceptors (Lipinski definition) is 2. The molecule has 0 unspecified atom stereocenters. The maximum absolute atomic E-state index is 13.2. The van der Waals surface area contributed by atoms with Crippen LogP contribution in [-0.2, 0) is 10.0 Å². The van der Waals surface area contributed by atoms with Crippen LogP contribution >= 0.6 is 15.9 Å². The van der Waals surface area contributed by atoms with Crippen LogP contribution in [0.4, 0.5) is 4.39 Å².